The van der Waals surface area contributed by atoms with Crippen LogP contribution in [-0.2, 0) is 6.54 Å². The van der Waals surface area contributed by atoms with E-state index >= 15 is 0 Å². The third-order valence-electron chi connectivity index (χ3n) is 3.52. The standard InChI is InChI=1S/C14H19BrFNS/c1-18-14-4-2-13(3-5-14)17-9-10-6-11(15)8-12(16)7-10/h6-8,13-14,17H,2-5,9H2,1H3. The molecule has 0 unspecified atom stereocenters. The van der Waals surface area contributed by atoms with Gasteiger partial charge in [-0.25, -0.2) is 4.39 Å². The van der Waals surface area contributed by atoms with Crippen LogP contribution in [-0.4, -0.2) is 17.5 Å². The van der Waals surface area contributed by atoms with Gasteiger partial charge in [0.05, 0.1) is 0 Å². The van der Waals surface area contributed by atoms with Crippen LogP contribution in [0.4, 0.5) is 4.39 Å². The van der Waals surface area contributed by atoms with E-state index in [0.717, 1.165) is 21.8 Å². The number of hydrogen-bond donors (Lipinski definition) is 1. The predicted molar refractivity (Wildman–Crippen MR) is 80.5 cm³/mol. The highest BCUT2D eigenvalue weighted by Crippen LogP contribution is 2.27. The van der Waals surface area contributed by atoms with Crippen LogP contribution in [0.2, 0.25) is 0 Å². The van der Waals surface area contributed by atoms with Gasteiger partial charge in [0.15, 0.2) is 0 Å². The molecule has 4 heteroatoms. The van der Waals surface area contributed by atoms with Gasteiger partial charge in [-0.1, -0.05) is 15.9 Å². The van der Waals surface area contributed by atoms with Crippen LogP contribution in [0.25, 0.3) is 0 Å². The molecule has 0 spiro atoms. The fraction of sp³-hybridized carbons (Fsp3) is 0.571. The summed E-state index contributed by atoms with van der Waals surface area (Å²) < 4.78 is 14.0. The molecule has 1 fully saturated rings. The van der Waals surface area contributed by atoms with Gasteiger partial charge in [-0.3, -0.25) is 0 Å². The molecule has 0 saturated heterocycles. The van der Waals surface area contributed by atoms with Crippen LogP contribution < -0.4 is 5.32 Å². The van der Waals surface area contributed by atoms with E-state index in [0.29, 0.717) is 6.04 Å². The van der Waals surface area contributed by atoms with Gasteiger partial charge in [-0.05, 0) is 55.7 Å². The van der Waals surface area contributed by atoms with Crippen molar-refractivity contribution in [3.8, 4) is 0 Å². The Labute approximate surface area is 121 Å². The average Bonchev–Trinajstić information content (AvgIpc) is 2.36. The van der Waals surface area contributed by atoms with Gasteiger partial charge < -0.3 is 5.32 Å². The van der Waals surface area contributed by atoms with E-state index in [-0.39, 0.29) is 5.82 Å². The summed E-state index contributed by atoms with van der Waals surface area (Å²) in [5.41, 5.74) is 1.01. The van der Waals surface area contributed by atoms with E-state index in [1.54, 1.807) is 6.07 Å². The van der Waals surface area contributed by atoms with Gasteiger partial charge in [0.1, 0.15) is 5.82 Å². The quantitative estimate of drug-likeness (QED) is 0.880. The Balaban J connectivity index is 1.81. The number of hydrogen-bond acceptors (Lipinski definition) is 2. The first-order chi connectivity index (χ1) is 8.67. The summed E-state index contributed by atoms with van der Waals surface area (Å²) in [7, 11) is 0. The fourth-order valence-corrected chi connectivity index (χ4v) is 3.73. The summed E-state index contributed by atoms with van der Waals surface area (Å²) in [4.78, 5) is 0. The predicted octanol–water partition coefficient (Wildman–Crippen LogP) is 4.35. The summed E-state index contributed by atoms with van der Waals surface area (Å²) in [6, 6.07) is 5.66. The van der Waals surface area contributed by atoms with Crippen LogP contribution in [0.1, 0.15) is 31.2 Å². The van der Waals surface area contributed by atoms with Crippen molar-refractivity contribution in [2.45, 2.75) is 43.5 Å². The Hall–Kier alpha value is -0.0600. The molecule has 1 aromatic rings. The molecular formula is C14H19BrFNS. The van der Waals surface area contributed by atoms with Crippen molar-refractivity contribution in [3.05, 3.63) is 34.1 Å². The van der Waals surface area contributed by atoms with Crippen molar-refractivity contribution in [3.63, 3.8) is 0 Å². The highest BCUT2D eigenvalue weighted by molar-refractivity contribution is 9.10. The minimum Gasteiger partial charge on any atom is -0.310 e. The minimum atomic E-state index is -0.174. The molecular weight excluding hydrogens is 313 g/mol. The maximum absolute atomic E-state index is 13.2. The molecule has 1 aliphatic rings. The Morgan fingerprint density at radius 1 is 1.28 bits per heavy atom. The first-order valence-electron chi connectivity index (χ1n) is 6.38. The molecule has 1 nitrogen and oxygen atoms in total. The van der Waals surface area contributed by atoms with Gasteiger partial charge in [0, 0.05) is 22.3 Å². The summed E-state index contributed by atoms with van der Waals surface area (Å²) in [6.45, 7) is 0.755. The number of halogens is 2. The van der Waals surface area contributed by atoms with E-state index in [1.807, 2.05) is 17.8 Å². The molecule has 0 bridgehead atoms. The Morgan fingerprint density at radius 2 is 2.00 bits per heavy atom. The van der Waals surface area contributed by atoms with Crippen molar-refractivity contribution < 1.29 is 4.39 Å². The summed E-state index contributed by atoms with van der Waals surface area (Å²) in [5.74, 6) is -0.174. The molecule has 1 N–H and O–H groups in total. The molecule has 0 aliphatic heterocycles. The molecule has 1 saturated carbocycles. The second-order valence-corrected chi connectivity index (χ2v) is 6.92. The molecule has 100 valence electrons. The number of nitrogens with one attached hydrogen (secondary N) is 1. The van der Waals surface area contributed by atoms with E-state index in [1.165, 1.54) is 31.7 Å². The van der Waals surface area contributed by atoms with Crippen molar-refractivity contribution in [2.75, 3.05) is 6.26 Å². The average molecular weight is 332 g/mol. The lowest BCUT2D eigenvalue weighted by Gasteiger charge is -2.28. The van der Waals surface area contributed by atoms with Crippen LogP contribution in [0.5, 0.6) is 0 Å². The second-order valence-electron chi connectivity index (χ2n) is 4.87. The lowest BCUT2D eigenvalue weighted by Crippen LogP contribution is -2.33. The first-order valence-corrected chi connectivity index (χ1v) is 8.46. The molecule has 1 aromatic carbocycles. The minimum absolute atomic E-state index is 0.174. The lowest BCUT2D eigenvalue weighted by molar-refractivity contribution is 0.378. The van der Waals surface area contributed by atoms with Gasteiger partial charge in [-0.2, -0.15) is 11.8 Å². The zero-order valence-electron chi connectivity index (χ0n) is 10.6. The second kappa shape index (κ2) is 6.92. The normalized spacial score (nSPS) is 24.2. The molecule has 0 atom stereocenters. The van der Waals surface area contributed by atoms with Gasteiger partial charge in [-0.15, -0.1) is 0 Å². The third kappa shape index (κ3) is 4.25. The maximum atomic E-state index is 13.2. The van der Waals surface area contributed by atoms with Crippen LogP contribution >= 0.6 is 27.7 Å². The zero-order chi connectivity index (χ0) is 13.0. The number of rotatable bonds is 4. The number of thioether (sulfide) groups is 1. The largest absolute Gasteiger partial charge is 0.310 e. The Kier molecular flexibility index (Phi) is 5.52. The summed E-state index contributed by atoms with van der Waals surface area (Å²) in [5, 5.41) is 4.38. The summed E-state index contributed by atoms with van der Waals surface area (Å²) in [6.07, 6.45) is 7.27. The van der Waals surface area contributed by atoms with Crippen molar-refractivity contribution >= 4 is 27.7 Å². The van der Waals surface area contributed by atoms with Crippen molar-refractivity contribution in [1.82, 2.24) is 5.32 Å². The maximum Gasteiger partial charge on any atom is 0.124 e. The highest BCUT2D eigenvalue weighted by atomic mass is 79.9. The van der Waals surface area contributed by atoms with E-state index in [4.69, 9.17) is 0 Å². The van der Waals surface area contributed by atoms with Gasteiger partial charge in [0.25, 0.3) is 0 Å². The molecule has 2 rings (SSSR count). The Bertz CT molecular complexity index is 371. The third-order valence-corrected chi connectivity index (χ3v) is 5.12. The monoisotopic (exact) mass is 331 g/mol. The number of benzene rings is 1. The van der Waals surface area contributed by atoms with Crippen molar-refractivity contribution in [2.24, 2.45) is 0 Å². The van der Waals surface area contributed by atoms with E-state index in [9.17, 15) is 4.39 Å². The highest BCUT2D eigenvalue weighted by Gasteiger charge is 2.19. The van der Waals surface area contributed by atoms with Crippen molar-refractivity contribution in [1.29, 1.82) is 0 Å². The summed E-state index contributed by atoms with van der Waals surface area (Å²) >= 11 is 5.31. The van der Waals surface area contributed by atoms with Gasteiger partial charge >= 0.3 is 0 Å². The molecule has 0 amide bonds. The van der Waals surface area contributed by atoms with E-state index < -0.39 is 0 Å². The van der Waals surface area contributed by atoms with Gasteiger partial charge in [0.2, 0.25) is 0 Å². The van der Waals surface area contributed by atoms with E-state index in [2.05, 4.69) is 27.5 Å². The topological polar surface area (TPSA) is 12.0 Å². The van der Waals surface area contributed by atoms with Crippen LogP contribution in [0, 0.1) is 5.82 Å². The zero-order valence-corrected chi connectivity index (χ0v) is 13.0. The SMILES string of the molecule is CSC1CCC(NCc2cc(F)cc(Br)c2)CC1. The smallest absolute Gasteiger partial charge is 0.124 e. The lowest BCUT2D eigenvalue weighted by atomic mass is 9.95. The molecule has 0 aromatic heterocycles. The molecule has 18 heavy (non-hydrogen) atoms. The van der Waals surface area contributed by atoms with Crippen LogP contribution in [0.15, 0.2) is 22.7 Å². The molecule has 1 aliphatic carbocycles. The first kappa shape index (κ1) is 14.4. The molecule has 0 radical (unpaired) electrons. The molecule has 0 heterocycles. The fourth-order valence-electron chi connectivity index (χ4n) is 2.48. The Morgan fingerprint density at radius 3 is 2.61 bits per heavy atom. The van der Waals surface area contributed by atoms with Crippen LogP contribution in [0.3, 0.4) is 0 Å².